The van der Waals surface area contributed by atoms with Crippen LogP contribution in [0, 0.1) is 0 Å². The van der Waals surface area contributed by atoms with Gasteiger partial charge in [-0.15, -0.1) is 0 Å². The molecule has 0 spiro atoms. The lowest BCUT2D eigenvalue weighted by Gasteiger charge is -2.25. The second-order valence-electron chi connectivity index (χ2n) is 10.3. The van der Waals surface area contributed by atoms with E-state index in [2.05, 4.69) is 17.6 Å². The molecule has 4 amide bonds. The molecule has 0 aliphatic carbocycles. The predicted molar refractivity (Wildman–Crippen MR) is 139 cm³/mol. The monoisotopic (exact) mass is 498 g/mol. The van der Waals surface area contributed by atoms with E-state index in [-0.39, 0.29) is 25.4 Å². The minimum Gasteiger partial charge on any atom is -0.444 e. The van der Waals surface area contributed by atoms with Gasteiger partial charge in [-0.25, -0.2) is 4.79 Å². The van der Waals surface area contributed by atoms with Crippen molar-refractivity contribution in [3.8, 4) is 0 Å². The van der Waals surface area contributed by atoms with Gasteiger partial charge < -0.3 is 26.0 Å². The average molecular weight is 499 g/mol. The van der Waals surface area contributed by atoms with Crippen LogP contribution >= 0.6 is 0 Å². The van der Waals surface area contributed by atoms with Gasteiger partial charge in [0.15, 0.2) is 0 Å². The van der Waals surface area contributed by atoms with Gasteiger partial charge >= 0.3 is 6.09 Å². The standard InChI is InChI=1S/C26H50N4O5/c1-6-7-8-9-10-11-12-13-14-15-16-17-23(32)29-21(20-22(27)31)24(33)28-18-19-30(5)25(34)35-26(2,3)4/h21H,6-20H2,1-5H3,(H2,27,31)(H,28,33)(H,29,32). The van der Waals surface area contributed by atoms with Crippen LogP contribution in [0.5, 0.6) is 0 Å². The number of primary amides is 1. The first-order chi connectivity index (χ1) is 16.5. The summed E-state index contributed by atoms with van der Waals surface area (Å²) in [6.07, 6.45) is 12.6. The molecule has 0 aliphatic rings. The number of nitrogens with two attached hydrogens (primary N) is 1. The van der Waals surface area contributed by atoms with Crippen LogP contribution in [0.1, 0.15) is 111 Å². The third kappa shape index (κ3) is 19.7. The Labute approximate surface area is 212 Å². The molecule has 0 aromatic heterocycles. The molecule has 0 aliphatic heterocycles. The first-order valence-electron chi connectivity index (χ1n) is 13.3. The molecule has 0 saturated heterocycles. The summed E-state index contributed by atoms with van der Waals surface area (Å²) in [7, 11) is 1.57. The van der Waals surface area contributed by atoms with Gasteiger partial charge in [0.05, 0.1) is 6.42 Å². The van der Waals surface area contributed by atoms with Crippen LogP contribution in [-0.4, -0.2) is 60.5 Å². The molecule has 35 heavy (non-hydrogen) atoms. The lowest BCUT2D eigenvalue weighted by molar-refractivity contribution is -0.131. The molecule has 4 N–H and O–H groups in total. The van der Waals surface area contributed by atoms with Gasteiger partial charge in [0.25, 0.3) is 0 Å². The number of hydrogen-bond donors (Lipinski definition) is 3. The topological polar surface area (TPSA) is 131 Å². The second-order valence-corrected chi connectivity index (χ2v) is 10.3. The smallest absolute Gasteiger partial charge is 0.410 e. The van der Waals surface area contributed by atoms with E-state index < -0.39 is 29.6 Å². The van der Waals surface area contributed by atoms with Crippen molar-refractivity contribution >= 4 is 23.8 Å². The molecule has 0 saturated carbocycles. The second kappa shape index (κ2) is 18.9. The summed E-state index contributed by atoms with van der Waals surface area (Å²) in [5, 5.41) is 5.26. The van der Waals surface area contributed by atoms with Crippen molar-refractivity contribution in [2.75, 3.05) is 20.1 Å². The Morgan fingerprint density at radius 1 is 0.886 bits per heavy atom. The normalized spacial score (nSPS) is 12.0. The fourth-order valence-electron chi connectivity index (χ4n) is 3.53. The van der Waals surface area contributed by atoms with Crippen LogP contribution < -0.4 is 16.4 Å². The van der Waals surface area contributed by atoms with Crippen LogP contribution in [0.25, 0.3) is 0 Å². The zero-order chi connectivity index (χ0) is 26.7. The highest BCUT2D eigenvalue weighted by molar-refractivity contribution is 5.91. The van der Waals surface area contributed by atoms with E-state index in [9.17, 15) is 19.2 Å². The zero-order valence-corrected chi connectivity index (χ0v) is 22.7. The highest BCUT2D eigenvalue weighted by atomic mass is 16.6. The molecular formula is C26H50N4O5. The minimum atomic E-state index is -1.03. The molecule has 204 valence electrons. The van der Waals surface area contributed by atoms with Crippen molar-refractivity contribution < 1.29 is 23.9 Å². The molecule has 1 unspecified atom stereocenters. The van der Waals surface area contributed by atoms with E-state index in [1.165, 1.54) is 56.3 Å². The summed E-state index contributed by atoms with van der Waals surface area (Å²) < 4.78 is 5.26. The maximum absolute atomic E-state index is 12.5. The molecule has 0 rings (SSSR count). The number of hydrogen-bond acceptors (Lipinski definition) is 5. The zero-order valence-electron chi connectivity index (χ0n) is 22.7. The van der Waals surface area contributed by atoms with Crippen LogP contribution in [0.4, 0.5) is 4.79 Å². The number of amides is 4. The van der Waals surface area contributed by atoms with Gasteiger partial charge in [0.2, 0.25) is 17.7 Å². The Hall–Kier alpha value is -2.32. The third-order valence-electron chi connectivity index (χ3n) is 5.52. The number of nitrogens with one attached hydrogen (secondary N) is 2. The largest absolute Gasteiger partial charge is 0.444 e. The van der Waals surface area contributed by atoms with Crippen LogP contribution in [0.2, 0.25) is 0 Å². The third-order valence-corrected chi connectivity index (χ3v) is 5.52. The lowest BCUT2D eigenvalue weighted by atomic mass is 10.1. The van der Waals surface area contributed by atoms with Gasteiger partial charge in [-0.2, -0.15) is 0 Å². The van der Waals surface area contributed by atoms with Gasteiger partial charge in [0.1, 0.15) is 11.6 Å². The van der Waals surface area contributed by atoms with Crippen molar-refractivity contribution in [2.24, 2.45) is 5.73 Å². The van der Waals surface area contributed by atoms with Crippen LogP contribution in [0.3, 0.4) is 0 Å². The summed E-state index contributed by atoms with van der Waals surface area (Å²) >= 11 is 0. The maximum atomic E-state index is 12.5. The number of nitrogens with zero attached hydrogens (tertiary/aromatic N) is 1. The minimum absolute atomic E-state index is 0.151. The van der Waals surface area contributed by atoms with Crippen molar-refractivity contribution in [2.45, 2.75) is 123 Å². The number of carbonyl (C=O) groups is 4. The molecule has 0 heterocycles. The average Bonchev–Trinajstić information content (AvgIpc) is 2.75. The Morgan fingerprint density at radius 3 is 1.89 bits per heavy atom. The first-order valence-corrected chi connectivity index (χ1v) is 13.3. The lowest BCUT2D eigenvalue weighted by Crippen LogP contribution is -2.50. The molecule has 1 atom stereocenters. The maximum Gasteiger partial charge on any atom is 0.410 e. The van der Waals surface area contributed by atoms with Gasteiger partial charge in [-0.1, -0.05) is 71.1 Å². The fourth-order valence-corrected chi connectivity index (χ4v) is 3.53. The Morgan fingerprint density at radius 2 is 1.40 bits per heavy atom. The summed E-state index contributed by atoms with van der Waals surface area (Å²) in [5.41, 5.74) is 4.64. The van der Waals surface area contributed by atoms with Crippen molar-refractivity contribution in [1.82, 2.24) is 15.5 Å². The molecule has 9 nitrogen and oxygen atoms in total. The van der Waals surface area contributed by atoms with E-state index in [1.807, 2.05) is 0 Å². The van der Waals surface area contributed by atoms with Crippen molar-refractivity contribution in [3.05, 3.63) is 0 Å². The number of ether oxygens (including phenoxy) is 1. The molecule has 9 heteroatoms. The number of likely N-dealkylation sites (N-methyl/N-ethyl adjacent to an activating group) is 1. The quantitative estimate of drug-likeness (QED) is 0.231. The summed E-state index contributed by atoms with van der Waals surface area (Å²) in [6.45, 7) is 7.91. The van der Waals surface area contributed by atoms with Crippen molar-refractivity contribution in [3.63, 3.8) is 0 Å². The number of unbranched alkanes of at least 4 members (excludes halogenated alkanes) is 10. The summed E-state index contributed by atoms with van der Waals surface area (Å²) in [6, 6.07) is -1.03. The molecular weight excluding hydrogens is 448 g/mol. The molecule has 0 bridgehead atoms. The highest BCUT2D eigenvalue weighted by Crippen LogP contribution is 2.12. The van der Waals surface area contributed by atoms with E-state index in [0.717, 1.165) is 19.3 Å². The van der Waals surface area contributed by atoms with Gasteiger partial charge in [-0.05, 0) is 27.2 Å². The summed E-state index contributed by atoms with van der Waals surface area (Å²) in [4.78, 5) is 49.5. The molecule has 0 fully saturated rings. The fraction of sp³-hybridized carbons (Fsp3) is 0.846. The number of rotatable bonds is 19. The molecule has 0 aromatic rings. The van der Waals surface area contributed by atoms with Gasteiger partial charge in [0, 0.05) is 26.6 Å². The van der Waals surface area contributed by atoms with E-state index >= 15 is 0 Å². The highest BCUT2D eigenvalue weighted by Gasteiger charge is 2.23. The Kier molecular flexibility index (Phi) is 17.7. The van der Waals surface area contributed by atoms with E-state index in [1.54, 1.807) is 27.8 Å². The Bertz CT molecular complexity index is 634. The molecule has 0 radical (unpaired) electrons. The van der Waals surface area contributed by atoms with Crippen LogP contribution in [-0.2, 0) is 19.1 Å². The van der Waals surface area contributed by atoms with Crippen molar-refractivity contribution in [1.29, 1.82) is 0 Å². The van der Waals surface area contributed by atoms with Crippen LogP contribution in [0.15, 0.2) is 0 Å². The Balaban J connectivity index is 4.19. The van der Waals surface area contributed by atoms with Gasteiger partial charge in [-0.3, -0.25) is 14.4 Å². The first kappa shape index (κ1) is 32.7. The molecule has 0 aromatic carbocycles. The SMILES string of the molecule is CCCCCCCCCCCCCC(=O)NC(CC(N)=O)C(=O)NCCN(C)C(=O)OC(C)(C)C. The van der Waals surface area contributed by atoms with E-state index in [4.69, 9.17) is 10.5 Å². The van der Waals surface area contributed by atoms with E-state index in [0.29, 0.717) is 6.42 Å². The number of carbonyl (C=O) groups excluding carboxylic acids is 4. The summed E-state index contributed by atoms with van der Waals surface area (Å²) in [5.74, 6) is -1.45. The predicted octanol–water partition coefficient (Wildman–Crippen LogP) is 4.03.